The molecule has 0 bridgehead atoms. The minimum atomic E-state index is 0.239. The van der Waals surface area contributed by atoms with Crippen molar-refractivity contribution in [1.82, 2.24) is 20.3 Å². The first-order valence-corrected chi connectivity index (χ1v) is 13.5. The van der Waals surface area contributed by atoms with Gasteiger partial charge in [-0.05, 0) is 86.4 Å². The number of ketones is 1. The Balaban J connectivity index is 1.34. The van der Waals surface area contributed by atoms with Crippen LogP contribution in [0.2, 0.25) is 0 Å². The lowest BCUT2D eigenvalue weighted by Crippen LogP contribution is -2.38. The molecule has 7 nitrogen and oxygen atoms in total. The van der Waals surface area contributed by atoms with Gasteiger partial charge in [0.25, 0.3) is 0 Å². The van der Waals surface area contributed by atoms with Crippen molar-refractivity contribution >= 4 is 22.5 Å². The lowest BCUT2D eigenvalue weighted by molar-refractivity contribution is -0.119. The fourth-order valence-corrected chi connectivity index (χ4v) is 5.25. The summed E-state index contributed by atoms with van der Waals surface area (Å²) in [4.78, 5) is 26.5. The third-order valence-corrected chi connectivity index (χ3v) is 7.61. The number of fused-ring (bicyclic) bond motifs is 1. The number of aromatic nitrogens is 3. The van der Waals surface area contributed by atoms with Crippen LogP contribution >= 0.6 is 0 Å². The van der Waals surface area contributed by atoms with E-state index in [9.17, 15) is 4.79 Å². The Morgan fingerprint density at radius 1 is 1.00 bits per heavy atom. The number of benzene rings is 2. The Hall–Kier alpha value is -3.84. The van der Waals surface area contributed by atoms with Gasteiger partial charge in [-0.15, -0.1) is 0 Å². The Labute approximate surface area is 223 Å². The van der Waals surface area contributed by atoms with Gasteiger partial charge in [-0.2, -0.15) is 0 Å². The van der Waals surface area contributed by atoms with Crippen LogP contribution in [0.3, 0.4) is 0 Å². The Morgan fingerprint density at radius 2 is 1.84 bits per heavy atom. The highest BCUT2D eigenvalue weighted by atomic mass is 16.5. The van der Waals surface area contributed by atoms with Gasteiger partial charge < -0.3 is 15.4 Å². The number of nitrogens with one attached hydrogen (secondary N) is 2. The van der Waals surface area contributed by atoms with Crippen molar-refractivity contribution < 1.29 is 9.53 Å². The van der Waals surface area contributed by atoms with Crippen LogP contribution in [0.5, 0.6) is 11.6 Å². The summed E-state index contributed by atoms with van der Waals surface area (Å²) in [5, 5.41) is 8.92. The van der Waals surface area contributed by atoms with Crippen LogP contribution < -0.4 is 15.4 Å². The molecule has 2 aromatic heterocycles. The number of anilines is 1. The first-order chi connectivity index (χ1) is 18.6. The highest BCUT2D eigenvalue weighted by molar-refractivity contribution is 5.97. The summed E-state index contributed by atoms with van der Waals surface area (Å²) in [7, 11) is 0. The van der Waals surface area contributed by atoms with Gasteiger partial charge >= 0.3 is 0 Å². The van der Waals surface area contributed by atoms with Crippen LogP contribution in [0.1, 0.15) is 42.4 Å². The number of piperidine rings is 1. The fourth-order valence-electron chi connectivity index (χ4n) is 5.25. The Morgan fingerprint density at radius 3 is 2.66 bits per heavy atom. The molecule has 1 saturated heterocycles. The quantitative estimate of drug-likeness (QED) is 0.312. The van der Waals surface area contributed by atoms with Crippen molar-refractivity contribution in [3.63, 3.8) is 0 Å². The molecule has 2 aromatic carbocycles. The molecular formula is C31H33N5O2. The number of hydrogen-bond acceptors (Lipinski definition) is 7. The Kier molecular flexibility index (Phi) is 6.77. The first-order valence-electron chi connectivity index (χ1n) is 13.5. The zero-order chi connectivity index (χ0) is 26.1. The third kappa shape index (κ3) is 5.11. The molecule has 0 amide bonds. The highest BCUT2D eigenvalue weighted by Gasteiger charge is 2.30. The summed E-state index contributed by atoms with van der Waals surface area (Å²) in [6.07, 6.45) is 8.25. The minimum Gasteiger partial charge on any atom is -0.437 e. The second kappa shape index (κ2) is 10.5. The second-order valence-electron chi connectivity index (χ2n) is 10.5. The van der Waals surface area contributed by atoms with Crippen molar-refractivity contribution in [2.75, 3.05) is 18.4 Å². The molecule has 0 spiro atoms. The molecule has 1 atom stereocenters. The summed E-state index contributed by atoms with van der Waals surface area (Å²) in [5.41, 5.74) is 4.78. The average Bonchev–Trinajstić information content (AvgIpc) is 3.79. The van der Waals surface area contributed by atoms with Gasteiger partial charge in [0.05, 0.1) is 11.3 Å². The van der Waals surface area contributed by atoms with Crippen LogP contribution in [-0.4, -0.2) is 39.9 Å². The van der Waals surface area contributed by atoms with Crippen LogP contribution in [0.25, 0.3) is 22.0 Å². The predicted molar refractivity (Wildman–Crippen MR) is 150 cm³/mol. The van der Waals surface area contributed by atoms with E-state index in [0.717, 1.165) is 83.2 Å². The summed E-state index contributed by atoms with van der Waals surface area (Å²) < 4.78 is 6.57. The van der Waals surface area contributed by atoms with E-state index in [1.165, 1.54) is 0 Å². The number of aryl methyl sites for hydroxylation is 2. The maximum absolute atomic E-state index is 12.7. The summed E-state index contributed by atoms with van der Waals surface area (Å²) in [6.45, 7) is 6.08. The summed E-state index contributed by atoms with van der Waals surface area (Å²) in [6, 6.07) is 14.4. The van der Waals surface area contributed by atoms with Crippen molar-refractivity contribution in [1.29, 1.82) is 0 Å². The molecule has 4 aromatic rings. The van der Waals surface area contributed by atoms with Gasteiger partial charge in [-0.25, -0.2) is 15.0 Å². The molecule has 0 unspecified atom stereocenters. The van der Waals surface area contributed by atoms with E-state index in [1.54, 1.807) is 12.4 Å². The molecule has 6 rings (SSSR count). The van der Waals surface area contributed by atoms with Crippen molar-refractivity contribution in [3.05, 3.63) is 71.5 Å². The monoisotopic (exact) mass is 507 g/mol. The van der Waals surface area contributed by atoms with Crippen LogP contribution in [0.4, 0.5) is 5.95 Å². The molecule has 1 aliphatic heterocycles. The Bertz CT molecular complexity index is 1490. The van der Waals surface area contributed by atoms with E-state index in [0.29, 0.717) is 30.1 Å². The summed E-state index contributed by atoms with van der Waals surface area (Å²) >= 11 is 0. The van der Waals surface area contributed by atoms with E-state index in [1.807, 2.05) is 25.1 Å². The number of rotatable bonds is 8. The lowest BCUT2D eigenvalue weighted by Gasteiger charge is -2.23. The SMILES string of the molecule is Cc1ccc2c(Oc3ncccc3-c3ccnc(N[C@H]4CCCNC4)n3)c(C)ccc2c1CC(=O)C1CC1. The zero-order valence-electron chi connectivity index (χ0n) is 22.0. The number of carbonyl (C=O) groups excluding carboxylic acids is 1. The van der Waals surface area contributed by atoms with E-state index >= 15 is 0 Å². The third-order valence-electron chi connectivity index (χ3n) is 7.61. The first kappa shape index (κ1) is 24.5. The molecule has 3 heterocycles. The molecule has 38 heavy (non-hydrogen) atoms. The summed E-state index contributed by atoms with van der Waals surface area (Å²) in [5.74, 6) is 2.43. The van der Waals surface area contributed by atoms with Crippen LogP contribution in [0, 0.1) is 19.8 Å². The van der Waals surface area contributed by atoms with Gasteiger partial charge in [0, 0.05) is 42.7 Å². The number of hydrogen-bond donors (Lipinski definition) is 2. The topological polar surface area (TPSA) is 89.0 Å². The number of Topliss-reactive ketones (excluding diaryl/α,β-unsaturated/α-hetero) is 1. The average molecular weight is 508 g/mol. The maximum atomic E-state index is 12.7. The normalized spacial score (nSPS) is 17.4. The number of ether oxygens (including phenoxy) is 1. The van der Waals surface area contributed by atoms with E-state index in [2.05, 4.69) is 51.8 Å². The lowest BCUT2D eigenvalue weighted by atomic mass is 9.93. The number of pyridine rings is 1. The molecule has 2 N–H and O–H groups in total. The number of carbonyl (C=O) groups is 1. The molecule has 1 saturated carbocycles. The molecule has 2 aliphatic rings. The largest absolute Gasteiger partial charge is 0.437 e. The zero-order valence-corrected chi connectivity index (χ0v) is 22.0. The van der Waals surface area contributed by atoms with Crippen molar-refractivity contribution in [2.45, 2.75) is 52.0 Å². The molecule has 7 heteroatoms. The molecule has 1 aliphatic carbocycles. The number of nitrogens with zero attached hydrogens (tertiary/aromatic N) is 3. The van der Waals surface area contributed by atoms with E-state index in [-0.39, 0.29) is 5.92 Å². The van der Waals surface area contributed by atoms with Crippen molar-refractivity contribution in [3.8, 4) is 22.9 Å². The van der Waals surface area contributed by atoms with Crippen molar-refractivity contribution in [2.24, 2.45) is 5.92 Å². The van der Waals surface area contributed by atoms with Gasteiger partial charge in [-0.1, -0.05) is 24.3 Å². The second-order valence-corrected chi connectivity index (χ2v) is 10.5. The van der Waals surface area contributed by atoms with Gasteiger partial charge in [0.1, 0.15) is 11.5 Å². The van der Waals surface area contributed by atoms with Crippen LogP contribution in [-0.2, 0) is 11.2 Å². The molecule has 0 radical (unpaired) electrons. The minimum absolute atomic E-state index is 0.239. The van der Waals surface area contributed by atoms with Gasteiger partial charge in [0.15, 0.2) is 0 Å². The standard InChI is InChI=1S/C31H33N5O2/c1-19-7-12-24-23(26(19)17-28(37)21-9-10-21)11-8-20(2)29(24)38-30-25(6-4-15-33-30)27-13-16-34-31(36-27)35-22-5-3-14-32-18-22/h4,6-8,11-13,15-16,21-22,32H,3,5,9-10,14,17-18H2,1-2H3,(H,34,35,36)/t22-/m0/s1. The highest BCUT2D eigenvalue weighted by Crippen LogP contribution is 2.39. The van der Waals surface area contributed by atoms with E-state index in [4.69, 9.17) is 9.72 Å². The van der Waals surface area contributed by atoms with Gasteiger partial charge in [-0.3, -0.25) is 4.79 Å². The fraction of sp³-hybridized carbons (Fsp3) is 0.355. The van der Waals surface area contributed by atoms with Gasteiger partial charge in [0.2, 0.25) is 11.8 Å². The molecular weight excluding hydrogens is 474 g/mol. The molecule has 2 fully saturated rings. The van der Waals surface area contributed by atoms with Crippen LogP contribution in [0.15, 0.2) is 54.9 Å². The molecule has 194 valence electrons. The van der Waals surface area contributed by atoms with E-state index < -0.39 is 0 Å². The predicted octanol–water partition coefficient (Wildman–Crippen LogP) is 5.79. The smallest absolute Gasteiger partial charge is 0.228 e. The maximum Gasteiger partial charge on any atom is 0.228 e.